The van der Waals surface area contributed by atoms with Gasteiger partial charge in [-0.2, -0.15) is 13.2 Å². The van der Waals surface area contributed by atoms with Crippen LogP contribution in [0.15, 0.2) is 30.5 Å². The van der Waals surface area contributed by atoms with Crippen molar-refractivity contribution in [3.8, 4) is 0 Å². The minimum absolute atomic E-state index is 0.00990. The molecule has 2 aromatic rings. The van der Waals surface area contributed by atoms with E-state index < -0.39 is 29.1 Å². The van der Waals surface area contributed by atoms with Crippen LogP contribution in [-0.2, 0) is 22.8 Å². The molecule has 1 unspecified atom stereocenters. The van der Waals surface area contributed by atoms with Crippen LogP contribution in [-0.4, -0.2) is 21.8 Å². The normalized spacial score (nSPS) is 22.4. The van der Waals surface area contributed by atoms with Gasteiger partial charge < -0.3 is 0 Å². The minimum Gasteiger partial charge on any atom is -0.291 e. The van der Waals surface area contributed by atoms with Crippen LogP contribution < -0.4 is 5.32 Å². The lowest BCUT2D eigenvalue weighted by atomic mass is 9.66. The lowest BCUT2D eigenvalue weighted by Crippen LogP contribution is -2.54. The number of pyridine rings is 2. The summed E-state index contributed by atoms with van der Waals surface area (Å²) >= 11 is 0. The lowest BCUT2D eigenvalue weighted by Gasteiger charge is -2.40. The van der Waals surface area contributed by atoms with Crippen molar-refractivity contribution in [2.45, 2.75) is 30.9 Å². The second kappa shape index (κ2) is 5.11. The first-order chi connectivity index (χ1) is 11.8. The lowest BCUT2D eigenvalue weighted by molar-refractivity contribution is -0.141. The van der Waals surface area contributed by atoms with Crippen LogP contribution in [0, 0.1) is 0 Å². The Hall–Kier alpha value is -2.77. The van der Waals surface area contributed by atoms with Crippen molar-refractivity contribution in [1.29, 1.82) is 0 Å². The molecule has 25 heavy (non-hydrogen) atoms. The number of carbonyl (C=O) groups is 2. The molecule has 5 nitrogen and oxygen atoms in total. The van der Waals surface area contributed by atoms with Gasteiger partial charge in [0, 0.05) is 11.9 Å². The third-order valence-corrected chi connectivity index (χ3v) is 4.76. The molecule has 1 aliphatic heterocycles. The van der Waals surface area contributed by atoms with Crippen LogP contribution in [0.3, 0.4) is 0 Å². The zero-order valence-electron chi connectivity index (χ0n) is 12.9. The molecule has 1 aliphatic carbocycles. The van der Waals surface area contributed by atoms with Gasteiger partial charge in [0.2, 0.25) is 5.91 Å². The number of nitrogens with one attached hydrogen (secondary N) is 1. The number of nitrogens with zero attached hydrogens (tertiary/aromatic N) is 2. The maximum absolute atomic E-state index is 13.1. The van der Waals surface area contributed by atoms with Crippen molar-refractivity contribution >= 4 is 11.8 Å². The van der Waals surface area contributed by atoms with Crippen LogP contribution >= 0.6 is 0 Å². The van der Waals surface area contributed by atoms with Gasteiger partial charge in [0.05, 0.1) is 11.3 Å². The molecule has 2 amide bonds. The van der Waals surface area contributed by atoms with Gasteiger partial charge in [0.25, 0.3) is 5.91 Å². The Labute approximate surface area is 140 Å². The van der Waals surface area contributed by atoms with Crippen LogP contribution in [0.25, 0.3) is 0 Å². The average Bonchev–Trinajstić information content (AvgIpc) is 2.59. The molecule has 1 spiro atoms. The first-order valence-electron chi connectivity index (χ1n) is 7.73. The number of aryl methyl sites for hydroxylation is 1. The fraction of sp³-hybridized carbons (Fsp3) is 0.294. The van der Waals surface area contributed by atoms with Gasteiger partial charge in [-0.25, -0.2) is 4.98 Å². The fourth-order valence-corrected chi connectivity index (χ4v) is 3.67. The van der Waals surface area contributed by atoms with E-state index in [1.165, 1.54) is 0 Å². The molecule has 0 saturated heterocycles. The Morgan fingerprint density at radius 1 is 1.16 bits per heavy atom. The molecule has 0 aromatic carbocycles. The standard InChI is InChI=1S/C17H12F3N3O2/c18-17(19,20)12-6-5-9-13(22-12)16(15(25)23-14(9)24)7-1-4-11-10(16)3-2-8-21-11/h2-3,5-6,8H,1,4,7H2,(H,23,24,25). The van der Waals surface area contributed by atoms with Gasteiger partial charge >= 0.3 is 6.18 Å². The fourth-order valence-electron chi connectivity index (χ4n) is 3.67. The number of carbonyl (C=O) groups excluding carboxylic acids is 2. The SMILES string of the molecule is O=C1NC(=O)C2(CCCc3ncccc32)c2nc(C(F)(F)F)ccc21. The average molecular weight is 347 g/mol. The van der Waals surface area contributed by atoms with Gasteiger partial charge in [-0.1, -0.05) is 6.07 Å². The van der Waals surface area contributed by atoms with Gasteiger partial charge in [-0.3, -0.25) is 19.9 Å². The third kappa shape index (κ3) is 2.16. The Kier molecular flexibility index (Phi) is 3.22. The first kappa shape index (κ1) is 15.7. The van der Waals surface area contributed by atoms with E-state index in [-0.39, 0.29) is 17.7 Å². The number of imide groups is 1. The van der Waals surface area contributed by atoms with Crippen molar-refractivity contribution in [2.75, 3.05) is 0 Å². The van der Waals surface area contributed by atoms with Crippen LogP contribution in [0.5, 0.6) is 0 Å². The van der Waals surface area contributed by atoms with E-state index in [1.807, 2.05) is 0 Å². The summed E-state index contributed by atoms with van der Waals surface area (Å²) in [6, 6.07) is 5.14. The molecule has 0 fully saturated rings. The van der Waals surface area contributed by atoms with E-state index in [0.29, 0.717) is 24.1 Å². The van der Waals surface area contributed by atoms with Gasteiger partial charge in [-0.15, -0.1) is 0 Å². The van der Waals surface area contributed by atoms with Crippen LogP contribution in [0.2, 0.25) is 0 Å². The summed E-state index contributed by atoms with van der Waals surface area (Å²) in [7, 11) is 0. The van der Waals surface area contributed by atoms with E-state index in [0.717, 1.165) is 12.1 Å². The molecule has 0 saturated carbocycles. The molecular weight excluding hydrogens is 335 g/mol. The number of rotatable bonds is 0. The largest absolute Gasteiger partial charge is 0.433 e. The molecule has 2 aromatic heterocycles. The predicted octanol–water partition coefficient (Wildman–Crippen LogP) is 2.39. The summed E-state index contributed by atoms with van der Waals surface area (Å²) in [6.45, 7) is 0. The van der Waals surface area contributed by atoms with E-state index in [2.05, 4.69) is 15.3 Å². The summed E-state index contributed by atoms with van der Waals surface area (Å²) in [4.78, 5) is 32.9. The van der Waals surface area contributed by atoms with E-state index >= 15 is 0 Å². The Balaban J connectivity index is 2.05. The van der Waals surface area contributed by atoms with Gasteiger partial charge in [0.15, 0.2) is 0 Å². The van der Waals surface area contributed by atoms with Gasteiger partial charge in [0.1, 0.15) is 11.1 Å². The molecule has 128 valence electrons. The quantitative estimate of drug-likeness (QED) is 0.743. The number of hydrogen-bond acceptors (Lipinski definition) is 4. The zero-order chi connectivity index (χ0) is 17.8. The number of aromatic nitrogens is 2. The molecule has 2 aliphatic rings. The minimum atomic E-state index is -4.67. The van der Waals surface area contributed by atoms with Gasteiger partial charge in [-0.05, 0) is 43.0 Å². The topological polar surface area (TPSA) is 72.0 Å². The van der Waals surface area contributed by atoms with Crippen LogP contribution in [0.1, 0.15) is 45.8 Å². The second-order valence-corrected chi connectivity index (χ2v) is 6.13. The summed E-state index contributed by atoms with van der Waals surface area (Å²) in [5.41, 5.74) is -1.53. The summed E-state index contributed by atoms with van der Waals surface area (Å²) in [5.74, 6) is -1.38. The van der Waals surface area contributed by atoms with Crippen molar-refractivity contribution in [3.63, 3.8) is 0 Å². The number of hydrogen-bond donors (Lipinski definition) is 1. The number of halogens is 3. The predicted molar refractivity (Wildman–Crippen MR) is 79.7 cm³/mol. The Morgan fingerprint density at radius 3 is 2.72 bits per heavy atom. The molecule has 0 bridgehead atoms. The first-order valence-corrected chi connectivity index (χ1v) is 7.73. The molecule has 3 heterocycles. The Bertz CT molecular complexity index is 910. The van der Waals surface area contributed by atoms with E-state index in [9.17, 15) is 22.8 Å². The summed E-state index contributed by atoms with van der Waals surface area (Å²) in [6.07, 6.45) is -1.65. The molecule has 8 heteroatoms. The second-order valence-electron chi connectivity index (χ2n) is 6.13. The monoisotopic (exact) mass is 347 g/mol. The molecular formula is C17H12F3N3O2. The Morgan fingerprint density at radius 2 is 1.96 bits per heavy atom. The highest BCUT2D eigenvalue weighted by Gasteiger charge is 2.52. The highest BCUT2D eigenvalue weighted by Crippen LogP contribution is 2.45. The van der Waals surface area contributed by atoms with Crippen molar-refractivity contribution in [2.24, 2.45) is 0 Å². The zero-order valence-corrected chi connectivity index (χ0v) is 12.9. The highest BCUT2D eigenvalue weighted by molar-refractivity contribution is 6.14. The summed E-state index contributed by atoms with van der Waals surface area (Å²) in [5, 5.41) is 2.27. The van der Waals surface area contributed by atoms with Crippen molar-refractivity contribution < 1.29 is 22.8 Å². The maximum atomic E-state index is 13.1. The highest BCUT2D eigenvalue weighted by atomic mass is 19.4. The third-order valence-electron chi connectivity index (χ3n) is 4.76. The molecule has 4 rings (SSSR count). The number of amides is 2. The van der Waals surface area contributed by atoms with E-state index in [1.54, 1.807) is 18.3 Å². The number of fused-ring (bicyclic) bond motifs is 4. The number of alkyl halides is 3. The van der Waals surface area contributed by atoms with Crippen molar-refractivity contribution in [1.82, 2.24) is 15.3 Å². The molecule has 0 radical (unpaired) electrons. The van der Waals surface area contributed by atoms with Crippen molar-refractivity contribution in [3.05, 3.63) is 58.7 Å². The molecule has 1 N–H and O–H groups in total. The maximum Gasteiger partial charge on any atom is 0.433 e. The van der Waals surface area contributed by atoms with Crippen LogP contribution in [0.4, 0.5) is 13.2 Å². The smallest absolute Gasteiger partial charge is 0.291 e. The molecule has 1 atom stereocenters. The van der Waals surface area contributed by atoms with E-state index in [4.69, 9.17) is 0 Å². The summed E-state index contributed by atoms with van der Waals surface area (Å²) < 4.78 is 39.4.